The summed E-state index contributed by atoms with van der Waals surface area (Å²) in [5.41, 5.74) is 6.21. The summed E-state index contributed by atoms with van der Waals surface area (Å²) >= 11 is 11.7. The maximum Gasteiger partial charge on any atom is 0.0551 e. The van der Waals surface area contributed by atoms with Crippen LogP contribution in [0.5, 0.6) is 0 Å². The van der Waals surface area contributed by atoms with Crippen molar-refractivity contribution in [2.24, 2.45) is 5.73 Å². The summed E-state index contributed by atoms with van der Waals surface area (Å²) < 4.78 is 0. The molecule has 2 N–H and O–H groups in total. The van der Waals surface area contributed by atoms with Crippen molar-refractivity contribution < 1.29 is 0 Å². The van der Waals surface area contributed by atoms with Crippen molar-refractivity contribution >= 4 is 23.2 Å². The SMILES string of the molecule is NCC#CCc1ccc(Cl)cc1Cl. The Bertz CT molecular complexity index is 350. The van der Waals surface area contributed by atoms with Crippen LogP contribution in [0.3, 0.4) is 0 Å². The molecule has 0 heterocycles. The molecule has 0 saturated carbocycles. The first-order chi connectivity index (χ1) is 6.24. The summed E-state index contributed by atoms with van der Waals surface area (Å²) in [5.74, 6) is 5.68. The van der Waals surface area contributed by atoms with Crippen molar-refractivity contribution in [1.82, 2.24) is 0 Å². The van der Waals surface area contributed by atoms with Crippen molar-refractivity contribution in [2.75, 3.05) is 6.54 Å². The molecular formula is C10H9Cl2N. The summed E-state index contributed by atoms with van der Waals surface area (Å²) in [6.07, 6.45) is 0.618. The molecule has 1 rings (SSSR count). The molecule has 68 valence electrons. The Morgan fingerprint density at radius 1 is 1.23 bits per heavy atom. The molecule has 0 atom stereocenters. The largest absolute Gasteiger partial charge is 0.320 e. The van der Waals surface area contributed by atoms with Crippen LogP contribution >= 0.6 is 23.2 Å². The zero-order valence-electron chi connectivity index (χ0n) is 6.98. The van der Waals surface area contributed by atoms with Gasteiger partial charge in [-0.3, -0.25) is 0 Å². The van der Waals surface area contributed by atoms with E-state index in [4.69, 9.17) is 28.9 Å². The molecule has 0 amide bonds. The van der Waals surface area contributed by atoms with Gasteiger partial charge in [0.2, 0.25) is 0 Å². The van der Waals surface area contributed by atoms with Crippen molar-refractivity contribution in [1.29, 1.82) is 0 Å². The summed E-state index contributed by atoms with van der Waals surface area (Å²) in [6.45, 7) is 0.380. The summed E-state index contributed by atoms with van der Waals surface area (Å²) in [4.78, 5) is 0. The number of benzene rings is 1. The van der Waals surface area contributed by atoms with E-state index in [0.717, 1.165) is 5.56 Å². The molecule has 0 saturated heterocycles. The highest BCUT2D eigenvalue weighted by molar-refractivity contribution is 6.35. The fourth-order valence-corrected chi connectivity index (χ4v) is 1.37. The molecule has 0 bridgehead atoms. The number of halogens is 2. The van der Waals surface area contributed by atoms with Crippen LogP contribution in [0.15, 0.2) is 18.2 Å². The van der Waals surface area contributed by atoms with Crippen LogP contribution in [0.1, 0.15) is 5.56 Å². The maximum absolute atomic E-state index is 5.92. The molecule has 0 fully saturated rings. The van der Waals surface area contributed by atoms with Crippen LogP contribution in [0.4, 0.5) is 0 Å². The van der Waals surface area contributed by atoms with Crippen LogP contribution < -0.4 is 5.73 Å². The zero-order chi connectivity index (χ0) is 9.68. The van der Waals surface area contributed by atoms with Gasteiger partial charge in [0.25, 0.3) is 0 Å². The first-order valence-electron chi connectivity index (χ1n) is 3.83. The van der Waals surface area contributed by atoms with E-state index in [1.807, 2.05) is 6.07 Å². The molecule has 0 aromatic heterocycles. The third-order valence-corrected chi connectivity index (χ3v) is 2.11. The van der Waals surface area contributed by atoms with Crippen molar-refractivity contribution in [3.05, 3.63) is 33.8 Å². The smallest absolute Gasteiger partial charge is 0.0551 e. The van der Waals surface area contributed by atoms with Gasteiger partial charge in [0, 0.05) is 16.5 Å². The average molecular weight is 214 g/mol. The maximum atomic E-state index is 5.92. The first kappa shape index (κ1) is 10.4. The van der Waals surface area contributed by atoms with E-state index in [9.17, 15) is 0 Å². The van der Waals surface area contributed by atoms with Crippen LogP contribution in [0, 0.1) is 11.8 Å². The van der Waals surface area contributed by atoms with E-state index in [2.05, 4.69) is 11.8 Å². The molecule has 0 aliphatic carbocycles. The lowest BCUT2D eigenvalue weighted by Crippen LogP contribution is -1.93. The third-order valence-electron chi connectivity index (χ3n) is 1.52. The molecule has 0 radical (unpaired) electrons. The summed E-state index contributed by atoms with van der Waals surface area (Å²) in [5, 5.41) is 1.29. The van der Waals surface area contributed by atoms with Crippen molar-refractivity contribution in [2.45, 2.75) is 6.42 Å². The number of hydrogen-bond donors (Lipinski definition) is 1. The zero-order valence-corrected chi connectivity index (χ0v) is 8.49. The molecule has 13 heavy (non-hydrogen) atoms. The predicted molar refractivity (Wildman–Crippen MR) is 57.0 cm³/mol. The standard InChI is InChI=1S/C10H9Cl2N/c11-9-5-4-8(10(12)7-9)3-1-2-6-13/h4-5,7H,3,6,13H2. The molecule has 3 heteroatoms. The van der Waals surface area contributed by atoms with Gasteiger partial charge in [0.05, 0.1) is 6.54 Å². The van der Waals surface area contributed by atoms with Crippen molar-refractivity contribution in [3.63, 3.8) is 0 Å². The molecule has 1 nitrogen and oxygen atoms in total. The Morgan fingerprint density at radius 2 is 2.00 bits per heavy atom. The monoisotopic (exact) mass is 213 g/mol. The van der Waals surface area contributed by atoms with Gasteiger partial charge >= 0.3 is 0 Å². The Kier molecular flexibility index (Phi) is 4.11. The molecule has 0 spiro atoms. The highest BCUT2D eigenvalue weighted by Gasteiger charge is 1.98. The van der Waals surface area contributed by atoms with E-state index in [1.54, 1.807) is 12.1 Å². The highest BCUT2D eigenvalue weighted by atomic mass is 35.5. The van der Waals surface area contributed by atoms with Gasteiger partial charge in [-0.15, -0.1) is 0 Å². The van der Waals surface area contributed by atoms with Crippen LogP contribution in [0.2, 0.25) is 10.0 Å². The lowest BCUT2D eigenvalue weighted by molar-refractivity contribution is 1.27. The van der Waals surface area contributed by atoms with Crippen molar-refractivity contribution in [3.8, 4) is 11.8 Å². The molecule has 1 aromatic rings. The third kappa shape index (κ3) is 3.28. The molecule has 0 aliphatic rings. The van der Waals surface area contributed by atoms with Gasteiger partial charge in [0.1, 0.15) is 0 Å². The molecule has 1 aromatic carbocycles. The number of rotatable bonds is 1. The second-order valence-electron chi connectivity index (χ2n) is 2.47. The lowest BCUT2D eigenvalue weighted by Gasteiger charge is -1.99. The normalized spacial score (nSPS) is 9.15. The molecular weight excluding hydrogens is 205 g/mol. The minimum Gasteiger partial charge on any atom is -0.320 e. The predicted octanol–water partition coefficient (Wildman–Crippen LogP) is 2.50. The minimum atomic E-state index is 0.380. The van der Waals surface area contributed by atoms with Crippen LogP contribution in [0.25, 0.3) is 0 Å². The Morgan fingerprint density at radius 3 is 2.62 bits per heavy atom. The minimum absolute atomic E-state index is 0.380. The average Bonchev–Trinajstić information content (AvgIpc) is 2.09. The van der Waals surface area contributed by atoms with Gasteiger partial charge < -0.3 is 5.73 Å². The van der Waals surface area contributed by atoms with Gasteiger partial charge in [-0.05, 0) is 17.7 Å². The Hall–Kier alpha value is -0.680. The topological polar surface area (TPSA) is 26.0 Å². The second-order valence-corrected chi connectivity index (χ2v) is 3.31. The summed E-state index contributed by atoms with van der Waals surface area (Å²) in [6, 6.07) is 5.38. The van der Waals surface area contributed by atoms with E-state index >= 15 is 0 Å². The highest BCUT2D eigenvalue weighted by Crippen LogP contribution is 2.20. The van der Waals surface area contributed by atoms with E-state index in [-0.39, 0.29) is 0 Å². The fraction of sp³-hybridized carbons (Fsp3) is 0.200. The molecule has 0 aliphatic heterocycles. The first-order valence-corrected chi connectivity index (χ1v) is 4.59. The van der Waals surface area contributed by atoms with Gasteiger partial charge in [-0.2, -0.15) is 0 Å². The number of nitrogens with two attached hydrogens (primary N) is 1. The summed E-state index contributed by atoms with van der Waals surface area (Å²) in [7, 11) is 0. The quantitative estimate of drug-likeness (QED) is 0.714. The van der Waals surface area contributed by atoms with E-state index in [1.165, 1.54) is 0 Å². The second kappa shape index (κ2) is 5.14. The fourth-order valence-electron chi connectivity index (χ4n) is 0.895. The Labute approximate surface area is 87.8 Å². The Balaban J connectivity index is 2.78. The van der Waals surface area contributed by atoms with Crippen LogP contribution in [-0.2, 0) is 6.42 Å². The number of hydrogen-bond acceptors (Lipinski definition) is 1. The lowest BCUT2D eigenvalue weighted by atomic mass is 10.1. The van der Waals surface area contributed by atoms with Gasteiger partial charge in [-0.1, -0.05) is 41.1 Å². The van der Waals surface area contributed by atoms with Gasteiger partial charge in [-0.25, -0.2) is 0 Å². The van der Waals surface area contributed by atoms with E-state index < -0.39 is 0 Å². The van der Waals surface area contributed by atoms with Crippen LogP contribution in [-0.4, -0.2) is 6.54 Å². The van der Waals surface area contributed by atoms with E-state index in [0.29, 0.717) is 23.0 Å². The van der Waals surface area contributed by atoms with Gasteiger partial charge in [0.15, 0.2) is 0 Å². The molecule has 0 unspecified atom stereocenters.